The van der Waals surface area contributed by atoms with E-state index in [2.05, 4.69) is 111 Å². The molecule has 1 N–H and O–H groups in total. The summed E-state index contributed by atoms with van der Waals surface area (Å²) < 4.78 is 2.05. The molecule has 0 bridgehead atoms. The fourth-order valence-corrected chi connectivity index (χ4v) is 4.42. The van der Waals surface area contributed by atoms with Gasteiger partial charge in [-0.15, -0.1) is 0 Å². The zero-order chi connectivity index (χ0) is 22.3. The van der Waals surface area contributed by atoms with Crippen LogP contribution in [0, 0.1) is 0 Å². The summed E-state index contributed by atoms with van der Waals surface area (Å²) in [6.07, 6.45) is 0. The summed E-state index contributed by atoms with van der Waals surface area (Å²) in [4.78, 5) is 5.02. The molecule has 2 heterocycles. The molecule has 0 amide bonds. The van der Waals surface area contributed by atoms with Gasteiger partial charge >= 0.3 is 0 Å². The van der Waals surface area contributed by atoms with Gasteiger partial charge in [0, 0.05) is 57.1 Å². The molecule has 3 aromatic carbocycles. The molecule has 1 aliphatic rings. The molecule has 1 fully saturated rings. The molecule has 0 saturated carbocycles. The Kier molecular flexibility index (Phi) is 6.80. The van der Waals surface area contributed by atoms with Gasteiger partial charge in [-0.25, -0.2) is 4.68 Å². The summed E-state index contributed by atoms with van der Waals surface area (Å²) in [5.74, 6) is 0. The van der Waals surface area contributed by atoms with Gasteiger partial charge in [0.05, 0.1) is 17.1 Å². The monoisotopic (exact) mass is 437 g/mol. The van der Waals surface area contributed by atoms with E-state index in [1.54, 1.807) is 0 Å². The maximum absolute atomic E-state index is 4.92. The first-order chi connectivity index (χ1) is 16.4. The Labute approximate surface area is 196 Å². The number of para-hydroxylation sites is 2. The minimum Gasteiger partial charge on any atom is -0.369 e. The largest absolute Gasteiger partial charge is 0.369 e. The number of rotatable bonds is 8. The number of nitrogens with one attached hydrogen (secondary N) is 1. The molecule has 5 rings (SSSR count). The fourth-order valence-electron chi connectivity index (χ4n) is 4.42. The van der Waals surface area contributed by atoms with Crippen molar-refractivity contribution in [3.8, 4) is 16.9 Å². The first kappa shape index (κ1) is 21.4. The average Bonchev–Trinajstić information content (AvgIpc) is 3.33. The van der Waals surface area contributed by atoms with E-state index in [4.69, 9.17) is 5.10 Å². The number of nitrogens with zero attached hydrogens (tertiary/aromatic N) is 4. The first-order valence-corrected chi connectivity index (χ1v) is 11.8. The van der Waals surface area contributed by atoms with Crippen LogP contribution in [-0.4, -0.2) is 53.9 Å². The number of hydrogen-bond acceptors (Lipinski definition) is 4. The van der Waals surface area contributed by atoms with Crippen molar-refractivity contribution >= 4 is 5.69 Å². The normalized spacial score (nSPS) is 14.5. The van der Waals surface area contributed by atoms with Crippen LogP contribution >= 0.6 is 0 Å². The zero-order valence-corrected chi connectivity index (χ0v) is 19.0. The molecular weight excluding hydrogens is 406 g/mol. The van der Waals surface area contributed by atoms with Gasteiger partial charge in [-0.05, 0) is 30.3 Å². The number of aromatic nitrogens is 2. The SMILES string of the molecule is c1ccc(-c2cc(CNCCN3CCN(c4ccccc4)CC3)nn2-c2ccccc2)cc1. The third-order valence-corrected chi connectivity index (χ3v) is 6.23. The minimum atomic E-state index is 0.768. The van der Waals surface area contributed by atoms with Crippen molar-refractivity contribution < 1.29 is 0 Å². The molecule has 1 aromatic heterocycles. The van der Waals surface area contributed by atoms with Gasteiger partial charge in [0.2, 0.25) is 0 Å². The Bertz CT molecular complexity index is 1060. The number of piperazine rings is 1. The molecule has 0 unspecified atom stereocenters. The molecule has 5 nitrogen and oxygen atoms in total. The van der Waals surface area contributed by atoms with Crippen LogP contribution in [0.5, 0.6) is 0 Å². The summed E-state index contributed by atoms with van der Waals surface area (Å²) >= 11 is 0. The number of anilines is 1. The van der Waals surface area contributed by atoms with Crippen LogP contribution in [0.25, 0.3) is 16.9 Å². The second-order valence-electron chi connectivity index (χ2n) is 8.48. The minimum absolute atomic E-state index is 0.768. The van der Waals surface area contributed by atoms with E-state index >= 15 is 0 Å². The van der Waals surface area contributed by atoms with Crippen molar-refractivity contribution in [3.63, 3.8) is 0 Å². The third kappa shape index (κ3) is 5.33. The van der Waals surface area contributed by atoms with Crippen LogP contribution in [0.3, 0.4) is 0 Å². The van der Waals surface area contributed by atoms with E-state index in [0.717, 1.165) is 62.9 Å². The molecule has 168 valence electrons. The standard InChI is InChI=1S/C28H31N5/c1-4-10-24(11-5-1)28-22-25(30-33(28)27-14-8-3-9-15-27)23-29-16-17-31-18-20-32(21-19-31)26-12-6-2-7-13-26/h1-15,22,29H,16-21,23H2. The summed E-state index contributed by atoms with van der Waals surface area (Å²) in [5.41, 5.74) is 5.77. The van der Waals surface area contributed by atoms with Crippen LogP contribution in [0.4, 0.5) is 5.69 Å². The second-order valence-corrected chi connectivity index (χ2v) is 8.48. The van der Waals surface area contributed by atoms with Crippen molar-refractivity contribution in [1.82, 2.24) is 20.0 Å². The first-order valence-electron chi connectivity index (χ1n) is 11.8. The highest BCUT2D eigenvalue weighted by Gasteiger charge is 2.17. The smallest absolute Gasteiger partial charge is 0.0773 e. The summed E-state index contributed by atoms with van der Waals surface area (Å²) in [7, 11) is 0. The lowest BCUT2D eigenvalue weighted by Gasteiger charge is -2.36. The highest BCUT2D eigenvalue weighted by atomic mass is 15.3. The molecule has 5 heteroatoms. The summed E-state index contributed by atoms with van der Waals surface area (Å²) in [5, 5.41) is 8.52. The topological polar surface area (TPSA) is 36.3 Å². The number of hydrogen-bond donors (Lipinski definition) is 1. The summed E-state index contributed by atoms with van der Waals surface area (Å²) in [6.45, 7) is 7.19. The Hall–Kier alpha value is -3.41. The molecule has 1 saturated heterocycles. The molecule has 33 heavy (non-hydrogen) atoms. The van der Waals surface area contributed by atoms with E-state index in [9.17, 15) is 0 Å². The van der Waals surface area contributed by atoms with Crippen LogP contribution < -0.4 is 10.2 Å². The molecule has 1 aliphatic heterocycles. The average molecular weight is 438 g/mol. The Morgan fingerprint density at radius 3 is 1.97 bits per heavy atom. The van der Waals surface area contributed by atoms with Gasteiger partial charge in [0.1, 0.15) is 0 Å². The molecule has 0 atom stereocenters. The van der Waals surface area contributed by atoms with Gasteiger partial charge in [-0.1, -0.05) is 66.7 Å². The van der Waals surface area contributed by atoms with E-state index in [1.165, 1.54) is 11.3 Å². The molecule has 0 spiro atoms. The molecule has 0 aliphatic carbocycles. The van der Waals surface area contributed by atoms with Gasteiger partial charge in [0.15, 0.2) is 0 Å². The van der Waals surface area contributed by atoms with Crippen LogP contribution in [0.1, 0.15) is 5.69 Å². The fraction of sp³-hybridized carbons (Fsp3) is 0.250. The van der Waals surface area contributed by atoms with Gasteiger partial charge in [-0.2, -0.15) is 5.10 Å². The van der Waals surface area contributed by atoms with Crippen molar-refractivity contribution in [2.75, 3.05) is 44.2 Å². The Morgan fingerprint density at radius 2 is 1.30 bits per heavy atom. The van der Waals surface area contributed by atoms with Crippen molar-refractivity contribution in [2.45, 2.75) is 6.54 Å². The maximum atomic E-state index is 4.92. The quantitative estimate of drug-likeness (QED) is 0.413. The number of benzene rings is 3. The second kappa shape index (κ2) is 10.5. The van der Waals surface area contributed by atoms with E-state index in [-0.39, 0.29) is 0 Å². The highest BCUT2D eigenvalue weighted by molar-refractivity contribution is 5.62. The van der Waals surface area contributed by atoms with Crippen molar-refractivity contribution in [3.05, 3.63) is 103 Å². The lowest BCUT2D eigenvalue weighted by molar-refractivity contribution is 0.257. The maximum Gasteiger partial charge on any atom is 0.0773 e. The molecule has 0 radical (unpaired) electrons. The zero-order valence-electron chi connectivity index (χ0n) is 19.0. The Morgan fingerprint density at radius 1 is 0.697 bits per heavy atom. The highest BCUT2D eigenvalue weighted by Crippen LogP contribution is 2.24. The predicted octanol–water partition coefficient (Wildman–Crippen LogP) is 4.45. The predicted molar refractivity (Wildman–Crippen MR) is 136 cm³/mol. The van der Waals surface area contributed by atoms with E-state index in [0.29, 0.717) is 0 Å². The lowest BCUT2D eigenvalue weighted by Crippen LogP contribution is -2.48. The summed E-state index contributed by atoms with van der Waals surface area (Å²) in [6, 6.07) is 33.8. The van der Waals surface area contributed by atoms with E-state index in [1.807, 2.05) is 6.07 Å². The van der Waals surface area contributed by atoms with E-state index < -0.39 is 0 Å². The van der Waals surface area contributed by atoms with Crippen LogP contribution in [-0.2, 0) is 6.54 Å². The van der Waals surface area contributed by atoms with Crippen molar-refractivity contribution in [1.29, 1.82) is 0 Å². The van der Waals surface area contributed by atoms with Gasteiger partial charge < -0.3 is 10.2 Å². The third-order valence-electron chi connectivity index (χ3n) is 6.23. The van der Waals surface area contributed by atoms with Gasteiger partial charge in [0.25, 0.3) is 0 Å². The molecular formula is C28H31N5. The van der Waals surface area contributed by atoms with Crippen LogP contribution in [0.15, 0.2) is 97.1 Å². The van der Waals surface area contributed by atoms with Crippen molar-refractivity contribution in [2.24, 2.45) is 0 Å². The molecule has 4 aromatic rings. The van der Waals surface area contributed by atoms with Gasteiger partial charge in [-0.3, -0.25) is 4.90 Å². The lowest BCUT2D eigenvalue weighted by atomic mass is 10.1. The Balaban J connectivity index is 1.16. The van der Waals surface area contributed by atoms with Crippen LogP contribution in [0.2, 0.25) is 0 Å².